The molecule has 0 nitrogen and oxygen atoms in total. The standard InChI is InChI=1S/C24H22Cl2/c1-6-16-13(3)12(2)14(4)21(16)23-18-10-8-7-9-17(18)19-11-20(25)24(26)15(5)22(19)23/h6-11,23H,1-5H3/b16-6+. The molecule has 0 saturated heterocycles. The van der Waals surface area contributed by atoms with Gasteiger partial charge in [0.25, 0.3) is 0 Å². The third kappa shape index (κ3) is 2.22. The van der Waals surface area contributed by atoms with E-state index < -0.39 is 0 Å². The van der Waals surface area contributed by atoms with Gasteiger partial charge in [-0.15, -0.1) is 0 Å². The number of benzene rings is 2. The molecule has 0 aliphatic heterocycles. The summed E-state index contributed by atoms with van der Waals surface area (Å²) in [6.07, 6.45) is 2.25. The van der Waals surface area contributed by atoms with Crippen LogP contribution in [-0.2, 0) is 0 Å². The Morgan fingerprint density at radius 1 is 0.885 bits per heavy atom. The van der Waals surface area contributed by atoms with Crippen molar-refractivity contribution in [2.24, 2.45) is 0 Å². The molecule has 132 valence electrons. The predicted octanol–water partition coefficient (Wildman–Crippen LogP) is 8.03. The van der Waals surface area contributed by atoms with E-state index >= 15 is 0 Å². The highest BCUT2D eigenvalue weighted by Gasteiger charge is 2.38. The summed E-state index contributed by atoms with van der Waals surface area (Å²) in [6.45, 7) is 10.9. The maximum Gasteiger partial charge on any atom is 0.0624 e. The zero-order chi connectivity index (χ0) is 18.7. The van der Waals surface area contributed by atoms with Crippen LogP contribution in [0.25, 0.3) is 11.1 Å². The second-order valence-corrected chi connectivity index (χ2v) is 8.06. The maximum absolute atomic E-state index is 6.57. The quantitative estimate of drug-likeness (QED) is 0.469. The number of fused-ring (bicyclic) bond motifs is 3. The highest BCUT2D eigenvalue weighted by molar-refractivity contribution is 6.42. The molecule has 0 radical (unpaired) electrons. The van der Waals surface area contributed by atoms with Gasteiger partial charge in [0.05, 0.1) is 10.0 Å². The van der Waals surface area contributed by atoms with Crippen LogP contribution in [0.3, 0.4) is 0 Å². The smallest absolute Gasteiger partial charge is 0.0624 e. The first-order valence-electron chi connectivity index (χ1n) is 9.01. The normalized spacial score (nSPS) is 20.3. The van der Waals surface area contributed by atoms with Crippen molar-refractivity contribution in [2.75, 3.05) is 0 Å². The average molecular weight is 381 g/mol. The monoisotopic (exact) mass is 380 g/mol. The minimum atomic E-state index is 0.203. The van der Waals surface area contributed by atoms with Gasteiger partial charge >= 0.3 is 0 Å². The van der Waals surface area contributed by atoms with Gasteiger partial charge in [-0.05, 0) is 96.4 Å². The molecule has 0 N–H and O–H groups in total. The van der Waals surface area contributed by atoms with E-state index in [0.717, 1.165) is 5.56 Å². The topological polar surface area (TPSA) is 0 Å². The Hall–Kier alpha value is -1.76. The molecular formula is C24H22Cl2. The van der Waals surface area contributed by atoms with E-state index in [1.807, 2.05) is 6.07 Å². The number of halogens is 2. The third-order valence-corrected chi connectivity index (χ3v) is 7.04. The first kappa shape index (κ1) is 17.6. The van der Waals surface area contributed by atoms with Crippen molar-refractivity contribution in [1.29, 1.82) is 0 Å². The van der Waals surface area contributed by atoms with Crippen LogP contribution in [0, 0.1) is 6.92 Å². The van der Waals surface area contributed by atoms with E-state index in [-0.39, 0.29) is 5.92 Å². The van der Waals surface area contributed by atoms with Crippen molar-refractivity contribution in [3.05, 3.63) is 91.0 Å². The summed E-state index contributed by atoms with van der Waals surface area (Å²) >= 11 is 13.0. The van der Waals surface area contributed by atoms with Crippen LogP contribution in [0.5, 0.6) is 0 Å². The third-order valence-electron chi connectivity index (χ3n) is 6.16. The predicted molar refractivity (Wildman–Crippen MR) is 113 cm³/mol. The summed E-state index contributed by atoms with van der Waals surface area (Å²) in [5.41, 5.74) is 13.1. The van der Waals surface area contributed by atoms with Gasteiger partial charge in [0.1, 0.15) is 0 Å². The number of hydrogen-bond acceptors (Lipinski definition) is 0. The van der Waals surface area contributed by atoms with Gasteiger partial charge in [0.15, 0.2) is 0 Å². The largest absolute Gasteiger partial charge is 0.0827 e. The summed E-state index contributed by atoms with van der Waals surface area (Å²) < 4.78 is 0. The Morgan fingerprint density at radius 2 is 1.58 bits per heavy atom. The maximum atomic E-state index is 6.57. The van der Waals surface area contributed by atoms with Crippen LogP contribution < -0.4 is 0 Å². The molecule has 2 heteroatoms. The molecule has 0 heterocycles. The number of allylic oxidation sites excluding steroid dienone is 6. The number of rotatable bonds is 1. The molecule has 2 aromatic carbocycles. The highest BCUT2D eigenvalue weighted by atomic mass is 35.5. The SMILES string of the molecule is C/C=C1\C(C)=C(C)C(C)=C1C1c2ccccc2-c2cc(Cl)c(Cl)c(C)c21. The Labute approximate surface area is 165 Å². The fourth-order valence-corrected chi connectivity index (χ4v) is 5.05. The van der Waals surface area contributed by atoms with Crippen LogP contribution in [0.15, 0.2) is 64.3 Å². The van der Waals surface area contributed by atoms with E-state index in [4.69, 9.17) is 23.2 Å². The summed E-state index contributed by atoms with van der Waals surface area (Å²) in [7, 11) is 0. The summed E-state index contributed by atoms with van der Waals surface area (Å²) in [5, 5.41) is 1.30. The van der Waals surface area contributed by atoms with Crippen LogP contribution >= 0.6 is 23.2 Å². The van der Waals surface area contributed by atoms with E-state index in [1.165, 1.54) is 50.1 Å². The number of hydrogen-bond donors (Lipinski definition) is 0. The van der Waals surface area contributed by atoms with Crippen LogP contribution in [0.1, 0.15) is 50.3 Å². The van der Waals surface area contributed by atoms with E-state index in [1.54, 1.807) is 0 Å². The Kier molecular flexibility index (Phi) is 4.17. The Balaban J connectivity index is 2.08. The average Bonchev–Trinajstić information content (AvgIpc) is 3.06. The Morgan fingerprint density at radius 3 is 2.27 bits per heavy atom. The molecule has 2 aliphatic rings. The second-order valence-electron chi connectivity index (χ2n) is 7.27. The molecule has 1 atom stereocenters. The molecule has 0 fully saturated rings. The molecule has 0 aromatic heterocycles. The van der Waals surface area contributed by atoms with Gasteiger partial charge < -0.3 is 0 Å². The summed E-state index contributed by atoms with van der Waals surface area (Å²) in [5.74, 6) is 0.203. The van der Waals surface area contributed by atoms with Gasteiger partial charge in [0, 0.05) is 5.92 Å². The van der Waals surface area contributed by atoms with Gasteiger partial charge in [-0.25, -0.2) is 0 Å². The molecule has 2 aromatic rings. The molecule has 4 rings (SSSR count). The second kappa shape index (κ2) is 6.15. The van der Waals surface area contributed by atoms with Gasteiger partial charge in [-0.2, -0.15) is 0 Å². The van der Waals surface area contributed by atoms with Crippen molar-refractivity contribution in [1.82, 2.24) is 0 Å². The van der Waals surface area contributed by atoms with Gasteiger partial charge in [-0.1, -0.05) is 53.5 Å². The van der Waals surface area contributed by atoms with Crippen LogP contribution in [-0.4, -0.2) is 0 Å². The molecule has 2 aliphatic carbocycles. The molecule has 1 unspecified atom stereocenters. The first-order valence-corrected chi connectivity index (χ1v) is 9.77. The summed E-state index contributed by atoms with van der Waals surface area (Å²) in [4.78, 5) is 0. The zero-order valence-corrected chi connectivity index (χ0v) is 17.3. The molecule has 0 spiro atoms. The molecular weight excluding hydrogens is 359 g/mol. The van der Waals surface area contributed by atoms with Crippen LogP contribution in [0.2, 0.25) is 10.0 Å². The minimum Gasteiger partial charge on any atom is -0.0827 e. The molecule has 0 saturated carbocycles. The zero-order valence-electron chi connectivity index (χ0n) is 15.8. The van der Waals surface area contributed by atoms with Crippen molar-refractivity contribution in [3.8, 4) is 11.1 Å². The van der Waals surface area contributed by atoms with Gasteiger partial charge in [-0.3, -0.25) is 0 Å². The van der Waals surface area contributed by atoms with Crippen molar-refractivity contribution < 1.29 is 0 Å². The summed E-state index contributed by atoms with van der Waals surface area (Å²) in [6, 6.07) is 10.7. The first-order chi connectivity index (χ1) is 12.4. The molecule has 0 amide bonds. The lowest BCUT2D eigenvalue weighted by Gasteiger charge is -2.22. The van der Waals surface area contributed by atoms with Crippen LogP contribution in [0.4, 0.5) is 0 Å². The van der Waals surface area contributed by atoms with E-state index in [9.17, 15) is 0 Å². The Bertz CT molecular complexity index is 1050. The lowest BCUT2D eigenvalue weighted by Crippen LogP contribution is -2.06. The molecule has 0 bridgehead atoms. The fourth-order valence-electron chi connectivity index (χ4n) is 4.64. The van der Waals surface area contributed by atoms with Gasteiger partial charge in [0.2, 0.25) is 0 Å². The van der Waals surface area contributed by atoms with Crippen molar-refractivity contribution in [3.63, 3.8) is 0 Å². The lowest BCUT2D eigenvalue weighted by molar-refractivity contribution is 0.971. The highest BCUT2D eigenvalue weighted by Crippen LogP contribution is 2.56. The fraction of sp³-hybridized carbons (Fsp3) is 0.250. The van der Waals surface area contributed by atoms with E-state index in [0.29, 0.717) is 10.0 Å². The van der Waals surface area contributed by atoms with Crippen molar-refractivity contribution in [2.45, 2.75) is 40.5 Å². The minimum absolute atomic E-state index is 0.203. The molecule has 26 heavy (non-hydrogen) atoms. The van der Waals surface area contributed by atoms with Crippen molar-refractivity contribution >= 4 is 23.2 Å². The lowest BCUT2D eigenvalue weighted by atomic mass is 9.82. The van der Waals surface area contributed by atoms with E-state index in [2.05, 4.69) is 65.0 Å².